The Labute approximate surface area is 58.7 Å². The molecule has 0 aliphatic heterocycles. The first-order chi connectivity index (χ1) is 4.38. The van der Waals surface area contributed by atoms with Crippen LogP contribution in [0.25, 0.3) is 0 Å². The van der Waals surface area contributed by atoms with Crippen LogP contribution in [-0.4, -0.2) is 11.2 Å². The molecule has 0 fully saturated rings. The van der Waals surface area contributed by atoms with Gasteiger partial charge in [0.05, 0.1) is 5.69 Å². The lowest BCUT2D eigenvalue weighted by Crippen LogP contribution is -1.79. The van der Waals surface area contributed by atoms with Crippen molar-refractivity contribution < 1.29 is 4.42 Å². The predicted octanol–water partition coefficient (Wildman–Crippen LogP) is 1.96. The highest BCUT2D eigenvalue weighted by molar-refractivity contribution is 7.98. The summed E-state index contributed by atoms with van der Waals surface area (Å²) < 4.78 is 5.06. The van der Waals surface area contributed by atoms with Crippen molar-refractivity contribution in [2.45, 2.75) is 18.4 Å². The Morgan fingerprint density at radius 2 is 2.56 bits per heavy atom. The Hall–Kier alpha value is -0.440. The molecule has 0 N–H and O–H groups in total. The first kappa shape index (κ1) is 6.68. The third-order valence-electron chi connectivity index (χ3n) is 1.12. The molecule has 1 aromatic rings. The Kier molecular flexibility index (Phi) is 2.16. The van der Waals surface area contributed by atoms with Crippen LogP contribution in [0.1, 0.15) is 12.6 Å². The molecule has 9 heavy (non-hydrogen) atoms. The van der Waals surface area contributed by atoms with Gasteiger partial charge in [0, 0.05) is 0 Å². The molecule has 0 saturated carbocycles. The summed E-state index contributed by atoms with van der Waals surface area (Å²) in [7, 11) is 0. The minimum absolute atomic E-state index is 0.942. The van der Waals surface area contributed by atoms with Crippen LogP contribution >= 0.6 is 11.8 Å². The van der Waals surface area contributed by atoms with E-state index in [4.69, 9.17) is 4.42 Å². The second kappa shape index (κ2) is 2.92. The minimum Gasteiger partial charge on any atom is -0.437 e. The van der Waals surface area contributed by atoms with Crippen molar-refractivity contribution in [3.8, 4) is 0 Å². The average Bonchev–Trinajstić information content (AvgIpc) is 2.33. The van der Waals surface area contributed by atoms with Crippen LogP contribution in [0, 0.1) is 0 Å². The Morgan fingerprint density at radius 3 is 3.00 bits per heavy atom. The van der Waals surface area contributed by atoms with E-state index in [1.807, 2.05) is 6.26 Å². The molecule has 3 heteroatoms. The van der Waals surface area contributed by atoms with E-state index in [0.29, 0.717) is 0 Å². The van der Waals surface area contributed by atoms with Gasteiger partial charge < -0.3 is 4.42 Å². The summed E-state index contributed by atoms with van der Waals surface area (Å²) in [6, 6.07) is 0. The van der Waals surface area contributed by atoms with E-state index in [-0.39, 0.29) is 0 Å². The SMILES string of the molecule is CCc1ncoc1SC. The van der Waals surface area contributed by atoms with E-state index >= 15 is 0 Å². The largest absolute Gasteiger partial charge is 0.437 e. The molecular weight excluding hydrogens is 134 g/mol. The van der Waals surface area contributed by atoms with Crippen molar-refractivity contribution in [1.29, 1.82) is 0 Å². The quantitative estimate of drug-likeness (QED) is 0.592. The summed E-state index contributed by atoms with van der Waals surface area (Å²) in [5.74, 6) is 0. The lowest BCUT2D eigenvalue weighted by atomic mass is 10.4. The fraction of sp³-hybridized carbons (Fsp3) is 0.500. The maximum Gasteiger partial charge on any atom is 0.183 e. The molecule has 0 unspecified atom stereocenters. The zero-order valence-corrected chi connectivity index (χ0v) is 6.36. The van der Waals surface area contributed by atoms with Crippen molar-refractivity contribution in [3.05, 3.63) is 12.1 Å². The van der Waals surface area contributed by atoms with Crippen molar-refractivity contribution in [2.24, 2.45) is 0 Å². The molecule has 0 aliphatic carbocycles. The summed E-state index contributed by atoms with van der Waals surface area (Å²) in [5.41, 5.74) is 1.06. The molecule has 2 nitrogen and oxygen atoms in total. The topological polar surface area (TPSA) is 26.0 Å². The van der Waals surface area contributed by atoms with Gasteiger partial charge in [-0.15, -0.1) is 0 Å². The van der Waals surface area contributed by atoms with E-state index in [1.54, 1.807) is 11.8 Å². The van der Waals surface area contributed by atoms with Crippen LogP contribution < -0.4 is 0 Å². The number of oxazole rings is 1. The summed E-state index contributed by atoms with van der Waals surface area (Å²) >= 11 is 1.60. The van der Waals surface area contributed by atoms with Gasteiger partial charge in [0.25, 0.3) is 0 Å². The average molecular weight is 143 g/mol. The number of nitrogens with zero attached hydrogens (tertiary/aromatic N) is 1. The van der Waals surface area contributed by atoms with Gasteiger partial charge in [-0.3, -0.25) is 0 Å². The van der Waals surface area contributed by atoms with Crippen LogP contribution in [0.3, 0.4) is 0 Å². The van der Waals surface area contributed by atoms with Gasteiger partial charge in [-0.2, -0.15) is 0 Å². The van der Waals surface area contributed by atoms with Crippen molar-refractivity contribution in [3.63, 3.8) is 0 Å². The van der Waals surface area contributed by atoms with Gasteiger partial charge >= 0.3 is 0 Å². The molecule has 0 radical (unpaired) electrons. The summed E-state index contributed by atoms with van der Waals surface area (Å²) in [6.45, 7) is 2.07. The highest BCUT2D eigenvalue weighted by Crippen LogP contribution is 2.18. The van der Waals surface area contributed by atoms with Gasteiger partial charge in [0.1, 0.15) is 0 Å². The maximum atomic E-state index is 5.06. The van der Waals surface area contributed by atoms with Gasteiger partial charge in [0.15, 0.2) is 11.5 Å². The molecule has 50 valence electrons. The number of aryl methyl sites for hydroxylation is 1. The Morgan fingerprint density at radius 1 is 1.78 bits per heavy atom. The van der Waals surface area contributed by atoms with Crippen molar-refractivity contribution in [1.82, 2.24) is 4.98 Å². The van der Waals surface area contributed by atoms with Gasteiger partial charge in [-0.25, -0.2) is 4.98 Å². The summed E-state index contributed by atoms with van der Waals surface area (Å²) in [5, 5.41) is 0.942. The maximum absolute atomic E-state index is 5.06. The van der Waals surface area contributed by atoms with Crippen LogP contribution in [0.4, 0.5) is 0 Å². The second-order valence-corrected chi connectivity index (χ2v) is 2.42. The molecule has 0 atom stereocenters. The van der Waals surface area contributed by atoms with Crippen LogP contribution in [0.2, 0.25) is 0 Å². The zero-order valence-electron chi connectivity index (χ0n) is 5.55. The summed E-state index contributed by atoms with van der Waals surface area (Å²) in [4.78, 5) is 4.02. The number of hydrogen-bond acceptors (Lipinski definition) is 3. The molecule has 0 saturated heterocycles. The standard InChI is InChI=1S/C6H9NOS/c1-3-5-6(9-2)8-4-7-5/h4H,3H2,1-2H3. The van der Waals surface area contributed by atoms with E-state index in [9.17, 15) is 0 Å². The van der Waals surface area contributed by atoms with Crippen LogP contribution in [0.5, 0.6) is 0 Å². The molecule has 0 bridgehead atoms. The van der Waals surface area contributed by atoms with Crippen molar-refractivity contribution >= 4 is 11.8 Å². The van der Waals surface area contributed by atoms with Gasteiger partial charge in [0.2, 0.25) is 0 Å². The third kappa shape index (κ3) is 1.27. The smallest absolute Gasteiger partial charge is 0.183 e. The molecule has 1 aromatic heterocycles. The normalized spacial score (nSPS) is 10.0. The molecule has 0 spiro atoms. The molecule has 0 aliphatic rings. The van der Waals surface area contributed by atoms with Gasteiger partial charge in [-0.1, -0.05) is 18.7 Å². The first-order valence-corrected chi connectivity index (χ1v) is 4.07. The van der Waals surface area contributed by atoms with Crippen molar-refractivity contribution in [2.75, 3.05) is 6.26 Å². The number of aromatic nitrogens is 1. The predicted molar refractivity (Wildman–Crippen MR) is 37.7 cm³/mol. The van der Waals surface area contributed by atoms with Crippen LogP contribution in [-0.2, 0) is 6.42 Å². The van der Waals surface area contributed by atoms with E-state index in [1.165, 1.54) is 6.39 Å². The fourth-order valence-corrected chi connectivity index (χ4v) is 1.23. The molecule has 0 amide bonds. The lowest BCUT2D eigenvalue weighted by molar-refractivity contribution is 0.466. The molecule has 1 heterocycles. The van der Waals surface area contributed by atoms with Gasteiger partial charge in [-0.05, 0) is 12.7 Å². The number of rotatable bonds is 2. The van der Waals surface area contributed by atoms with E-state index in [2.05, 4.69) is 11.9 Å². The Balaban J connectivity index is 2.85. The minimum atomic E-state index is 0.942. The highest BCUT2D eigenvalue weighted by Gasteiger charge is 2.01. The van der Waals surface area contributed by atoms with E-state index < -0.39 is 0 Å². The zero-order chi connectivity index (χ0) is 6.69. The first-order valence-electron chi connectivity index (χ1n) is 2.84. The number of thioether (sulfide) groups is 1. The van der Waals surface area contributed by atoms with Crippen LogP contribution in [0.15, 0.2) is 15.9 Å². The molecule has 1 rings (SSSR count). The monoisotopic (exact) mass is 143 g/mol. The third-order valence-corrected chi connectivity index (χ3v) is 1.83. The van der Waals surface area contributed by atoms with E-state index in [0.717, 1.165) is 17.2 Å². The molecule has 0 aromatic carbocycles. The Bertz CT molecular complexity index is 166. The molecular formula is C6H9NOS. The lowest BCUT2D eigenvalue weighted by Gasteiger charge is -1.88. The summed E-state index contributed by atoms with van der Waals surface area (Å²) in [6.07, 6.45) is 4.43. The highest BCUT2D eigenvalue weighted by atomic mass is 32.2. The number of hydrogen-bond donors (Lipinski definition) is 0. The fourth-order valence-electron chi connectivity index (χ4n) is 0.660. The second-order valence-electron chi connectivity index (χ2n) is 1.64.